The number of carbonyl (C=O) groups excluding carboxylic acids is 3. The van der Waals surface area contributed by atoms with Crippen molar-refractivity contribution >= 4 is 29.2 Å². The first kappa shape index (κ1) is 22.1. The van der Waals surface area contributed by atoms with Gasteiger partial charge in [-0.05, 0) is 61.0 Å². The van der Waals surface area contributed by atoms with Crippen LogP contribution < -0.4 is 10.2 Å². The number of anilines is 2. The fourth-order valence-electron chi connectivity index (χ4n) is 3.65. The molecule has 0 aliphatic carbocycles. The van der Waals surface area contributed by atoms with Crippen molar-refractivity contribution in [1.82, 2.24) is 4.90 Å². The summed E-state index contributed by atoms with van der Waals surface area (Å²) in [5.41, 5.74) is 2.44. The fraction of sp³-hybridized carbons (Fsp3) is 0.160. The topological polar surface area (TPSA) is 69.7 Å². The van der Waals surface area contributed by atoms with E-state index < -0.39 is 35.5 Å². The number of imide groups is 1. The summed E-state index contributed by atoms with van der Waals surface area (Å²) in [4.78, 5) is 41.4. The van der Waals surface area contributed by atoms with E-state index >= 15 is 0 Å². The molecule has 1 atom stereocenters. The third-order valence-electron chi connectivity index (χ3n) is 5.38. The predicted octanol–water partition coefficient (Wildman–Crippen LogP) is 4.64. The Kier molecular flexibility index (Phi) is 6.17. The third-order valence-corrected chi connectivity index (χ3v) is 5.38. The second kappa shape index (κ2) is 9.20. The molecule has 0 bridgehead atoms. The van der Waals surface area contributed by atoms with Crippen LogP contribution in [0.4, 0.5) is 25.0 Å². The summed E-state index contributed by atoms with van der Waals surface area (Å²) in [5.74, 6) is -2.01. The molecule has 1 fully saturated rings. The fourth-order valence-corrected chi connectivity index (χ4v) is 3.65. The molecular formula is C25H21F2N3O3. The largest absolute Gasteiger partial charge is 0.332 e. The molecule has 1 heterocycles. The zero-order chi connectivity index (χ0) is 23.5. The maximum Gasteiger partial charge on any atom is 0.332 e. The number of rotatable bonds is 6. The van der Waals surface area contributed by atoms with Crippen molar-refractivity contribution in [2.45, 2.75) is 25.9 Å². The van der Waals surface area contributed by atoms with Crippen molar-refractivity contribution in [3.63, 3.8) is 0 Å². The van der Waals surface area contributed by atoms with Gasteiger partial charge in [0.1, 0.15) is 17.7 Å². The molecule has 0 radical (unpaired) electrons. The van der Waals surface area contributed by atoms with Crippen LogP contribution in [0.25, 0.3) is 0 Å². The number of halogens is 2. The molecular weight excluding hydrogens is 428 g/mol. The van der Waals surface area contributed by atoms with Crippen LogP contribution in [-0.4, -0.2) is 28.8 Å². The van der Waals surface area contributed by atoms with Crippen molar-refractivity contribution < 1.29 is 23.2 Å². The lowest BCUT2D eigenvalue weighted by Gasteiger charge is -2.22. The van der Waals surface area contributed by atoms with Crippen LogP contribution in [0.2, 0.25) is 0 Å². The first-order valence-corrected chi connectivity index (χ1v) is 10.3. The van der Waals surface area contributed by atoms with Crippen LogP contribution in [-0.2, 0) is 16.1 Å². The number of hydrogen-bond donors (Lipinski definition) is 1. The van der Waals surface area contributed by atoms with Crippen LogP contribution in [0.1, 0.15) is 17.5 Å². The standard InChI is InChI=1S/C25H21F2N3O3/c1-16-2-4-17(5-3-16)15-29-22(14-23(31)28-20-10-6-18(26)7-11-20)24(32)30(25(29)33)21-12-8-19(27)9-13-21/h2-13,22H,14-15H2,1H3,(H,28,31)/t22-/m0/s1. The molecule has 6 nitrogen and oxygen atoms in total. The molecule has 0 unspecified atom stereocenters. The van der Waals surface area contributed by atoms with Crippen LogP contribution in [0, 0.1) is 18.6 Å². The Morgan fingerprint density at radius 2 is 1.45 bits per heavy atom. The molecule has 4 rings (SSSR count). The third kappa shape index (κ3) is 4.90. The van der Waals surface area contributed by atoms with Gasteiger partial charge in [0.15, 0.2) is 0 Å². The zero-order valence-corrected chi connectivity index (χ0v) is 17.8. The van der Waals surface area contributed by atoms with Gasteiger partial charge in [-0.3, -0.25) is 9.59 Å². The molecule has 0 spiro atoms. The van der Waals surface area contributed by atoms with E-state index in [4.69, 9.17) is 0 Å². The number of carbonyl (C=O) groups is 3. The molecule has 3 aromatic carbocycles. The van der Waals surface area contributed by atoms with Gasteiger partial charge in [-0.25, -0.2) is 18.5 Å². The number of nitrogens with one attached hydrogen (secondary N) is 1. The highest BCUT2D eigenvalue weighted by atomic mass is 19.1. The Hall–Kier alpha value is -4.07. The SMILES string of the molecule is Cc1ccc(CN2C(=O)N(c3ccc(F)cc3)C(=O)[C@@H]2CC(=O)Nc2ccc(F)cc2)cc1. The minimum Gasteiger partial charge on any atom is -0.326 e. The number of urea groups is 1. The summed E-state index contributed by atoms with van der Waals surface area (Å²) >= 11 is 0. The van der Waals surface area contributed by atoms with Crippen molar-refractivity contribution in [3.05, 3.63) is 95.6 Å². The molecule has 3 aromatic rings. The van der Waals surface area contributed by atoms with Crippen molar-refractivity contribution in [2.75, 3.05) is 10.2 Å². The summed E-state index contributed by atoms with van der Waals surface area (Å²) < 4.78 is 26.5. The Labute approximate surface area is 189 Å². The minimum atomic E-state index is -1.05. The highest BCUT2D eigenvalue weighted by Gasteiger charge is 2.46. The maximum absolute atomic E-state index is 13.4. The Morgan fingerprint density at radius 3 is 2.06 bits per heavy atom. The van der Waals surface area contributed by atoms with Crippen LogP contribution in [0.3, 0.4) is 0 Å². The molecule has 33 heavy (non-hydrogen) atoms. The second-order valence-corrected chi connectivity index (χ2v) is 7.82. The van der Waals surface area contributed by atoms with E-state index in [9.17, 15) is 23.2 Å². The van der Waals surface area contributed by atoms with Crippen molar-refractivity contribution in [3.8, 4) is 0 Å². The van der Waals surface area contributed by atoms with Gasteiger partial charge in [-0.15, -0.1) is 0 Å². The van der Waals surface area contributed by atoms with Gasteiger partial charge < -0.3 is 10.2 Å². The highest BCUT2D eigenvalue weighted by Crippen LogP contribution is 2.29. The minimum absolute atomic E-state index is 0.122. The van der Waals surface area contributed by atoms with Crippen molar-refractivity contribution in [1.29, 1.82) is 0 Å². The monoisotopic (exact) mass is 449 g/mol. The van der Waals surface area contributed by atoms with Gasteiger partial charge in [-0.2, -0.15) is 0 Å². The van der Waals surface area contributed by atoms with E-state index in [1.165, 1.54) is 41.3 Å². The van der Waals surface area contributed by atoms with Crippen LogP contribution in [0.15, 0.2) is 72.8 Å². The average Bonchev–Trinajstić information content (AvgIpc) is 3.01. The first-order valence-electron chi connectivity index (χ1n) is 10.3. The number of benzene rings is 3. The molecule has 4 amide bonds. The molecule has 0 aromatic heterocycles. The molecule has 168 valence electrons. The summed E-state index contributed by atoms with van der Waals surface area (Å²) in [6.45, 7) is 2.06. The van der Waals surface area contributed by atoms with E-state index in [2.05, 4.69) is 5.32 Å². The summed E-state index contributed by atoms with van der Waals surface area (Å²) in [5, 5.41) is 2.62. The van der Waals surface area contributed by atoms with Crippen LogP contribution in [0.5, 0.6) is 0 Å². The maximum atomic E-state index is 13.4. The lowest BCUT2D eigenvalue weighted by molar-refractivity contribution is -0.124. The Bertz CT molecular complexity index is 1180. The molecule has 8 heteroatoms. The van der Waals surface area contributed by atoms with Gasteiger partial charge in [0, 0.05) is 12.2 Å². The number of nitrogens with zero attached hydrogens (tertiary/aromatic N) is 2. The van der Waals surface area contributed by atoms with E-state index in [0.717, 1.165) is 28.2 Å². The van der Waals surface area contributed by atoms with Gasteiger partial charge in [0.25, 0.3) is 5.91 Å². The molecule has 0 saturated carbocycles. The first-order chi connectivity index (χ1) is 15.8. The smallest absolute Gasteiger partial charge is 0.326 e. The lowest BCUT2D eigenvalue weighted by Crippen LogP contribution is -2.37. The summed E-state index contributed by atoms with van der Waals surface area (Å²) in [6.07, 6.45) is -0.286. The normalized spacial score (nSPS) is 15.8. The predicted molar refractivity (Wildman–Crippen MR) is 119 cm³/mol. The number of amides is 4. The number of hydrogen-bond acceptors (Lipinski definition) is 3. The zero-order valence-electron chi connectivity index (χ0n) is 17.8. The highest BCUT2D eigenvalue weighted by molar-refractivity contribution is 6.22. The molecule has 1 aliphatic rings. The quantitative estimate of drug-likeness (QED) is 0.558. The molecule has 1 saturated heterocycles. The van der Waals surface area contributed by atoms with E-state index in [-0.39, 0.29) is 18.7 Å². The molecule has 1 N–H and O–H groups in total. The van der Waals surface area contributed by atoms with Gasteiger partial charge >= 0.3 is 6.03 Å². The average molecular weight is 449 g/mol. The van der Waals surface area contributed by atoms with E-state index in [1.807, 2.05) is 31.2 Å². The molecule has 1 aliphatic heterocycles. The van der Waals surface area contributed by atoms with Crippen LogP contribution >= 0.6 is 0 Å². The summed E-state index contributed by atoms with van der Waals surface area (Å²) in [6, 6.07) is 16.1. The second-order valence-electron chi connectivity index (χ2n) is 7.82. The van der Waals surface area contributed by atoms with E-state index in [0.29, 0.717) is 5.69 Å². The number of aryl methyl sites for hydroxylation is 1. The van der Waals surface area contributed by atoms with Crippen molar-refractivity contribution in [2.24, 2.45) is 0 Å². The van der Waals surface area contributed by atoms with Gasteiger partial charge in [0.05, 0.1) is 12.1 Å². The Balaban J connectivity index is 1.59. The lowest BCUT2D eigenvalue weighted by atomic mass is 10.1. The Morgan fingerprint density at radius 1 is 0.879 bits per heavy atom. The van der Waals surface area contributed by atoms with Gasteiger partial charge in [0.2, 0.25) is 5.91 Å². The summed E-state index contributed by atoms with van der Waals surface area (Å²) in [7, 11) is 0. The van der Waals surface area contributed by atoms with Gasteiger partial charge in [-0.1, -0.05) is 29.8 Å². The van der Waals surface area contributed by atoms with E-state index in [1.54, 1.807) is 0 Å².